The van der Waals surface area contributed by atoms with Gasteiger partial charge in [0.1, 0.15) is 0 Å². The van der Waals surface area contributed by atoms with Gasteiger partial charge < -0.3 is 5.32 Å². The molecule has 2 nitrogen and oxygen atoms in total. The normalized spacial score (nSPS) is 19.3. The van der Waals surface area contributed by atoms with Crippen molar-refractivity contribution in [3.05, 3.63) is 47.0 Å². The molecule has 1 fully saturated rings. The Kier molecular flexibility index (Phi) is 4.16. The average molecular weight is 281 g/mol. The fraction of sp³-hybridized carbons (Fsp3) is 0.385. The van der Waals surface area contributed by atoms with Crippen LogP contribution in [0.4, 0.5) is 0 Å². The Morgan fingerprint density at radius 3 is 2.75 bits per heavy atom. The van der Waals surface area contributed by atoms with Gasteiger partial charge in [0.05, 0.1) is 6.04 Å². The highest BCUT2D eigenvalue weighted by Gasteiger charge is 2.19. The summed E-state index contributed by atoms with van der Waals surface area (Å²) in [5.74, 6) is 0. The lowest BCUT2D eigenvalue weighted by Gasteiger charge is -2.33. The maximum atomic E-state index is 3.96. The lowest BCUT2D eigenvalue weighted by Crippen LogP contribution is -2.44. The second-order valence-corrected chi connectivity index (χ2v) is 4.94. The molecule has 1 aromatic rings. The van der Waals surface area contributed by atoms with Crippen LogP contribution in [0.1, 0.15) is 11.6 Å². The highest BCUT2D eigenvalue weighted by molar-refractivity contribution is 9.10. The number of hydrogen-bond acceptors (Lipinski definition) is 2. The predicted octanol–water partition coefficient (Wildman–Crippen LogP) is 2.58. The molecule has 0 radical (unpaired) electrons. The fourth-order valence-corrected chi connectivity index (χ4v) is 2.56. The molecule has 0 spiro atoms. The Hall–Kier alpha value is -0.640. The van der Waals surface area contributed by atoms with Crippen molar-refractivity contribution in [1.29, 1.82) is 0 Å². The van der Waals surface area contributed by atoms with Gasteiger partial charge in [0, 0.05) is 30.7 Å². The molecule has 86 valence electrons. The first kappa shape index (κ1) is 11.8. The van der Waals surface area contributed by atoms with Crippen LogP contribution in [0.25, 0.3) is 0 Å². The topological polar surface area (TPSA) is 15.3 Å². The van der Waals surface area contributed by atoms with E-state index < -0.39 is 0 Å². The van der Waals surface area contributed by atoms with E-state index in [9.17, 15) is 0 Å². The number of nitrogens with zero attached hydrogens (tertiary/aromatic N) is 1. The van der Waals surface area contributed by atoms with Crippen LogP contribution in [0.3, 0.4) is 0 Å². The summed E-state index contributed by atoms with van der Waals surface area (Å²) in [4.78, 5) is 2.46. The van der Waals surface area contributed by atoms with E-state index in [0.717, 1.165) is 30.7 Å². The Morgan fingerprint density at radius 2 is 2.12 bits per heavy atom. The van der Waals surface area contributed by atoms with E-state index in [1.54, 1.807) is 0 Å². The average Bonchev–Trinajstić information content (AvgIpc) is 2.31. The van der Waals surface area contributed by atoms with Crippen LogP contribution in [-0.4, -0.2) is 31.1 Å². The summed E-state index contributed by atoms with van der Waals surface area (Å²) < 4.78 is 1.13. The lowest BCUT2D eigenvalue weighted by atomic mass is 10.0. The van der Waals surface area contributed by atoms with Gasteiger partial charge in [-0.1, -0.05) is 34.1 Å². The summed E-state index contributed by atoms with van der Waals surface area (Å²) in [5.41, 5.74) is 1.31. The zero-order valence-electron chi connectivity index (χ0n) is 9.32. The van der Waals surface area contributed by atoms with Gasteiger partial charge in [0.25, 0.3) is 0 Å². The summed E-state index contributed by atoms with van der Waals surface area (Å²) in [6, 6.07) is 8.81. The lowest BCUT2D eigenvalue weighted by molar-refractivity contribution is 0.203. The van der Waals surface area contributed by atoms with E-state index in [-0.39, 0.29) is 0 Å². The minimum absolute atomic E-state index is 0.333. The molecule has 0 aromatic heterocycles. The standard InChI is InChI=1S/C13H17BrN2/c1-2-13(16-8-6-15-7-9-16)11-4-3-5-12(14)10-11/h2-5,10,13,15H,1,6-9H2/t13-/m0/s1. The Labute approximate surface area is 105 Å². The van der Waals surface area contributed by atoms with Gasteiger partial charge >= 0.3 is 0 Å². The molecule has 1 saturated heterocycles. The molecular weight excluding hydrogens is 264 g/mol. The van der Waals surface area contributed by atoms with Gasteiger partial charge in [0.2, 0.25) is 0 Å². The van der Waals surface area contributed by atoms with Crippen LogP contribution in [0, 0.1) is 0 Å². The summed E-state index contributed by atoms with van der Waals surface area (Å²) in [7, 11) is 0. The molecule has 1 atom stereocenters. The van der Waals surface area contributed by atoms with E-state index in [1.165, 1.54) is 5.56 Å². The molecule has 2 rings (SSSR count). The van der Waals surface area contributed by atoms with Gasteiger partial charge in [-0.3, -0.25) is 4.90 Å². The molecule has 1 heterocycles. The first-order chi connectivity index (χ1) is 7.81. The zero-order chi connectivity index (χ0) is 11.4. The van der Waals surface area contributed by atoms with Crippen molar-refractivity contribution >= 4 is 15.9 Å². The number of benzene rings is 1. The molecule has 3 heteroatoms. The van der Waals surface area contributed by atoms with Crippen LogP contribution < -0.4 is 5.32 Å². The van der Waals surface area contributed by atoms with Crippen molar-refractivity contribution in [2.24, 2.45) is 0 Å². The Morgan fingerprint density at radius 1 is 1.38 bits per heavy atom. The molecule has 16 heavy (non-hydrogen) atoms. The molecule has 0 aliphatic carbocycles. The third-order valence-corrected chi connectivity index (χ3v) is 3.45. The molecule has 0 bridgehead atoms. The molecule has 1 N–H and O–H groups in total. The number of nitrogens with one attached hydrogen (secondary N) is 1. The Bertz CT molecular complexity index is 359. The fourth-order valence-electron chi connectivity index (χ4n) is 2.15. The Balaban J connectivity index is 2.17. The number of rotatable bonds is 3. The van der Waals surface area contributed by atoms with Crippen molar-refractivity contribution in [3.63, 3.8) is 0 Å². The maximum Gasteiger partial charge on any atom is 0.0530 e. The molecule has 0 unspecified atom stereocenters. The van der Waals surface area contributed by atoms with Crippen LogP contribution in [0.5, 0.6) is 0 Å². The van der Waals surface area contributed by atoms with E-state index >= 15 is 0 Å². The maximum absolute atomic E-state index is 3.96. The van der Waals surface area contributed by atoms with Crippen LogP contribution in [-0.2, 0) is 0 Å². The van der Waals surface area contributed by atoms with Crippen molar-refractivity contribution in [3.8, 4) is 0 Å². The SMILES string of the molecule is C=C[C@@H](c1cccc(Br)c1)N1CCNCC1. The largest absolute Gasteiger partial charge is 0.314 e. The number of hydrogen-bond donors (Lipinski definition) is 1. The second-order valence-electron chi connectivity index (χ2n) is 4.02. The zero-order valence-corrected chi connectivity index (χ0v) is 10.9. The third-order valence-electron chi connectivity index (χ3n) is 2.96. The monoisotopic (exact) mass is 280 g/mol. The minimum Gasteiger partial charge on any atom is -0.314 e. The van der Waals surface area contributed by atoms with Crippen molar-refractivity contribution in [2.75, 3.05) is 26.2 Å². The molecule has 0 saturated carbocycles. The first-order valence-corrected chi connectivity index (χ1v) is 6.43. The summed E-state index contributed by atoms with van der Waals surface area (Å²) in [6.45, 7) is 8.27. The second kappa shape index (κ2) is 5.62. The highest BCUT2D eigenvalue weighted by Crippen LogP contribution is 2.24. The third kappa shape index (κ3) is 2.73. The number of piperazine rings is 1. The molecule has 1 aromatic carbocycles. The predicted molar refractivity (Wildman–Crippen MR) is 71.5 cm³/mol. The smallest absolute Gasteiger partial charge is 0.0530 e. The first-order valence-electron chi connectivity index (χ1n) is 5.64. The quantitative estimate of drug-likeness (QED) is 0.857. The van der Waals surface area contributed by atoms with Gasteiger partial charge in [0.15, 0.2) is 0 Å². The van der Waals surface area contributed by atoms with Crippen LogP contribution in [0.2, 0.25) is 0 Å². The van der Waals surface area contributed by atoms with E-state index in [4.69, 9.17) is 0 Å². The van der Waals surface area contributed by atoms with Gasteiger partial charge in [-0.25, -0.2) is 0 Å². The molecule has 1 aliphatic rings. The summed E-state index contributed by atoms with van der Waals surface area (Å²) in [5, 5.41) is 3.37. The molecular formula is C13H17BrN2. The van der Waals surface area contributed by atoms with Gasteiger partial charge in [-0.15, -0.1) is 6.58 Å². The van der Waals surface area contributed by atoms with E-state index in [1.807, 2.05) is 6.08 Å². The molecule has 0 amide bonds. The molecule has 1 aliphatic heterocycles. The summed E-state index contributed by atoms with van der Waals surface area (Å²) >= 11 is 3.52. The summed E-state index contributed by atoms with van der Waals surface area (Å²) in [6.07, 6.45) is 2.03. The minimum atomic E-state index is 0.333. The van der Waals surface area contributed by atoms with Gasteiger partial charge in [-0.2, -0.15) is 0 Å². The highest BCUT2D eigenvalue weighted by atomic mass is 79.9. The van der Waals surface area contributed by atoms with Gasteiger partial charge in [-0.05, 0) is 17.7 Å². The van der Waals surface area contributed by atoms with E-state index in [2.05, 4.69) is 57.0 Å². The van der Waals surface area contributed by atoms with Crippen molar-refractivity contribution < 1.29 is 0 Å². The van der Waals surface area contributed by atoms with Crippen LogP contribution in [0.15, 0.2) is 41.4 Å². The van der Waals surface area contributed by atoms with E-state index in [0.29, 0.717) is 6.04 Å². The van der Waals surface area contributed by atoms with Crippen molar-refractivity contribution in [2.45, 2.75) is 6.04 Å². The van der Waals surface area contributed by atoms with Crippen molar-refractivity contribution in [1.82, 2.24) is 10.2 Å². The number of halogens is 1. The van der Waals surface area contributed by atoms with Crippen LogP contribution >= 0.6 is 15.9 Å².